The van der Waals surface area contributed by atoms with Crippen LogP contribution in [0.4, 0.5) is 11.4 Å². The highest BCUT2D eigenvalue weighted by Gasteiger charge is 2.28. The van der Waals surface area contributed by atoms with Crippen LogP contribution in [0, 0.1) is 16.0 Å². The van der Waals surface area contributed by atoms with Crippen molar-refractivity contribution in [2.45, 2.75) is 13.3 Å². The fraction of sp³-hybridized carbons (Fsp3) is 0.600. The molecule has 1 aromatic rings. The van der Waals surface area contributed by atoms with Crippen molar-refractivity contribution in [3.05, 3.63) is 28.3 Å². The van der Waals surface area contributed by atoms with E-state index >= 15 is 0 Å². The number of ether oxygens (including phenoxy) is 1. The molecule has 0 bridgehead atoms. The highest BCUT2D eigenvalue weighted by Crippen LogP contribution is 2.35. The number of anilines is 1. The Hall–Kier alpha value is -1.82. The number of hydrogen-bond donors (Lipinski definition) is 0. The molecule has 2 rings (SSSR count). The number of nitrogens with zero attached hydrogens (tertiary/aromatic N) is 3. The van der Waals surface area contributed by atoms with Gasteiger partial charge in [0.25, 0.3) is 5.69 Å². The van der Waals surface area contributed by atoms with Gasteiger partial charge in [-0.2, -0.15) is 0 Å². The van der Waals surface area contributed by atoms with Crippen molar-refractivity contribution in [3.8, 4) is 5.75 Å². The Kier molecular flexibility index (Phi) is 5.01. The molecule has 1 aliphatic heterocycles. The summed E-state index contributed by atoms with van der Waals surface area (Å²) in [7, 11) is 3.69. The Bertz CT molecular complexity index is 507. The summed E-state index contributed by atoms with van der Waals surface area (Å²) in [6, 6.07) is 4.93. The molecule has 0 aliphatic carbocycles. The van der Waals surface area contributed by atoms with Crippen molar-refractivity contribution < 1.29 is 9.66 Å². The molecule has 6 heteroatoms. The number of methoxy groups -OCH3 is 1. The summed E-state index contributed by atoms with van der Waals surface area (Å²) in [5.41, 5.74) is 0.821. The normalized spacial score (nSPS) is 18.3. The minimum atomic E-state index is -0.319. The van der Waals surface area contributed by atoms with Crippen LogP contribution in [0.15, 0.2) is 18.2 Å². The van der Waals surface area contributed by atoms with E-state index in [-0.39, 0.29) is 10.6 Å². The van der Waals surface area contributed by atoms with Crippen molar-refractivity contribution in [1.82, 2.24) is 4.90 Å². The van der Waals surface area contributed by atoms with Crippen LogP contribution < -0.4 is 9.64 Å². The van der Waals surface area contributed by atoms with Crippen molar-refractivity contribution >= 4 is 11.4 Å². The van der Waals surface area contributed by atoms with Crippen LogP contribution in [0.2, 0.25) is 0 Å². The van der Waals surface area contributed by atoms with Gasteiger partial charge < -0.3 is 14.5 Å². The molecule has 1 aromatic carbocycles. The van der Waals surface area contributed by atoms with E-state index in [1.165, 1.54) is 6.07 Å². The molecule has 1 saturated heterocycles. The Morgan fingerprint density at radius 3 is 2.90 bits per heavy atom. The van der Waals surface area contributed by atoms with Crippen LogP contribution >= 0.6 is 0 Å². The first-order valence-corrected chi connectivity index (χ1v) is 7.31. The molecule has 1 fully saturated rings. The average Bonchev–Trinajstić information content (AvgIpc) is 2.94. The monoisotopic (exact) mass is 293 g/mol. The topological polar surface area (TPSA) is 58.8 Å². The second-order valence-electron chi connectivity index (χ2n) is 5.57. The summed E-state index contributed by atoms with van der Waals surface area (Å²) < 4.78 is 5.20. The molecular formula is C15H23N3O3. The predicted octanol–water partition coefficient (Wildman–Crippen LogP) is 2.38. The fourth-order valence-electron chi connectivity index (χ4n) is 2.81. The molecule has 0 amide bonds. The standard InChI is InChI=1S/C15H23N3O3/c1-4-16(2)10-12-7-8-17(11-12)15-9-13(21-3)5-6-14(15)18(19)20/h5-6,9,12H,4,7-8,10-11H2,1-3H3/t12-/m0/s1. The first-order chi connectivity index (χ1) is 10.0. The molecule has 0 radical (unpaired) electrons. The summed E-state index contributed by atoms with van der Waals surface area (Å²) >= 11 is 0. The van der Waals surface area contributed by atoms with Gasteiger partial charge in [0.05, 0.1) is 12.0 Å². The molecule has 116 valence electrons. The molecule has 21 heavy (non-hydrogen) atoms. The van der Waals surface area contributed by atoms with Crippen LogP contribution in [0.3, 0.4) is 0 Å². The molecular weight excluding hydrogens is 270 g/mol. The van der Waals surface area contributed by atoms with Gasteiger partial charge in [-0.15, -0.1) is 0 Å². The first-order valence-electron chi connectivity index (χ1n) is 7.31. The molecule has 0 N–H and O–H groups in total. The quantitative estimate of drug-likeness (QED) is 0.595. The van der Waals surface area contributed by atoms with Gasteiger partial charge in [-0.25, -0.2) is 0 Å². The van der Waals surface area contributed by atoms with Crippen molar-refractivity contribution in [2.75, 3.05) is 45.2 Å². The zero-order valence-corrected chi connectivity index (χ0v) is 12.9. The smallest absolute Gasteiger partial charge is 0.292 e. The lowest BCUT2D eigenvalue weighted by Gasteiger charge is -2.21. The van der Waals surface area contributed by atoms with Crippen molar-refractivity contribution in [1.29, 1.82) is 0 Å². The zero-order chi connectivity index (χ0) is 15.4. The summed E-state index contributed by atoms with van der Waals surface area (Å²) in [6.07, 6.45) is 1.07. The number of nitro benzene ring substituents is 1. The third kappa shape index (κ3) is 3.64. The summed E-state index contributed by atoms with van der Waals surface area (Å²) in [5, 5.41) is 11.2. The van der Waals surface area contributed by atoms with Crippen molar-refractivity contribution in [2.24, 2.45) is 5.92 Å². The molecule has 6 nitrogen and oxygen atoms in total. The Morgan fingerprint density at radius 2 is 2.29 bits per heavy atom. The van der Waals surface area contributed by atoms with Crippen LogP contribution in [0.1, 0.15) is 13.3 Å². The Balaban J connectivity index is 2.16. The lowest BCUT2D eigenvalue weighted by Crippen LogP contribution is -2.28. The predicted molar refractivity (Wildman–Crippen MR) is 83.1 cm³/mol. The van der Waals surface area contributed by atoms with E-state index in [9.17, 15) is 10.1 Å². The van der Waals surface area contributed by atoms with Gasteiger partial charge in [0.15, 0.2) is 0 Å². The molecule has 1 heterocycles. The van der Waals surface area contributed by atoms with Gasteiger partial charge in [-0.3, -0.25) is 10.1 Å². The van der Waals surface area contributed by atoms with Gasteiger partial charge in [0, 0.05) is 31.8 Å². The Labute approximate surface area is 125 Å². The van der Waals surface area contributed by atoms with Crippen LogP contribution in [-0.4, -0.2) is 50.2 Å². The third-order valence-electron chi connectivity index (χ3n) is 4.12. The summed E-state index contributed by atoms with van der Waals surface area (Å²) in [5.74, 6) is 1.21. The van der Waals surface area contributed by atoms with E-state index in [0.717, 1.165) is 32.6 Å². The Morgan fingerprint density at radius 1 is 1.52 bits per heavy atom. The van der Waals surface area contributed by atoms with Gasteiger partial charge >= 0.3 is 0 Å². The largest absolute Gasteiger partial charge is 0.497 e. The average molecular weight is 293 g/mol. The zero-order valence-electron chi connectivity index (χ0n) is 12.9. The minimum Gasteiger partial charge on any atom is -0.497 e. The van der Waals surface area contributed by atoms with Gasteiger partial charge in [0.1, 0.15) is 11.4 Å². The minimum absolute atomic E-state index is 0.153. The van der Waals surface area contributed by atoms with E-state index in [1.54, 1.807) is 19.2 Å². The maximum Gasteiger partial charge on any atom is 0.292 e. The number of hydrogen-bond acceptors (Lipinski definition) is 5. The maximum absolute atomic E-state index is 11.2. The van der Waals surface area contributed by atoms with E-state index in [0.29, 0.717) is 17.4 Å². The second kappa shape index (κ2) is 6.76. The summed E-state index contributed by atoms with van der Waals surface area (Å²) in [6.45, 7) is 5.91. The summed E-state index contributed by atoms with van der Waals surface area (Å²) in [4.78, 5) is 15.3. The lowest BCUT2D eigenvalue weighted by atomic mass is 10.1. The van der Waals surface area contributed by atoms with Crippen molar-refractivity contribution in [3.63, 3.8) is 0 Å². The lowest BCUT2D eigenvalue weighted by molar-refractivity contribution is -0.384. The van der Waals surface area contributed by atoms with E-state index in [4.69, 9.17) is 4.74 Å². The molecule has 1 aliphatic rings. The molecule has 0 aromatic heterocycles. The number of nitro groups is 1. The van der Waals surface area contributed by atoms with Crippen LogP contribution in [0.25, 0.3) is 0 Å². The highest BCUT2D eigenvalue weighted by molar-refractivity contribution is 5.66. The molecule has 1 atom stereocenters. The van der Waals surface area contributed by atoms with E-state index in [1.807, 2.05) is 0 Å². The molecule has 0 saturated carbocycles. The number of benzene rings is 1. The van der Waals surface area contributed by atoms with Gasteiger partial charge in [-0.1, -0.05) is 6.92 Å². The second-order valence-corrected chi connectivity index (χ2v) is 5.57. The van der Waals surface area contributed by atoms with Gasteiger partial charge in [0.2, 0.25) is 0 Å². The third-order valence-corrected chi connectivity index (χ3v) is 4.12. The SMILES string of the molecule is CCN(C)C[C@@H]1CCN(c2cc(OC)ccc2[N+](=O)[O-])C1. The fourth-order valence-corrected chi connectivity index (χ4v) is 2.81. The molecule has 0 unspecified atom stereocenters. The highest BCUT2D eigenvalue weighted by atomic mass is 16.6. The number of rotatable bonds is 6. The molecule has 0 spiro atoms. The van der Waals surface area contributed by atoms with Gasteiger partial charge in [-0.05, 0) is 32.0 Å². The van der Waals surface area contributed by atoms with Crippen LogP contribution in [-0.2, 0) is 0 Å². The van der Waals surface area contributed by atoms with Crippen LogP contribution in [0.5, 0.6) is 5.75 Å². The van der Waals surface area contributed by atoms with E-state index < -0.39 is 0 Å². The maximum atomic E-state index is 11.2. The van der Waals surface area contributed by atoms with E-state index in [2.05, 4.69) is 23.8 Å². The first kappa shape index (κ1) is 15.6.